The van der Waals surface area contributed by atoms with Crippen molar-refractivity contribution in [3.05, 3.63) is 7.05 Å². The largest absolute Gasteiger partial charge is 0.303 e. The van der Waals surface area contributed by atoms with Crippen LogP contribution in [0.25, 0.3) is 0 Å². The third-order valence-electron chi connectivity index (χ3n) is 3.96. The lowest BCUT2D eigenvalue weighted by Crippen LogP contribution is -2.39. The highest BCUT2D eigenvalue weighted by atomic mass is 15.2. The maximum atomic E-state index is 4.16. The summed E-state index contributed by atoms with van der Waals surface area (Å²) in [6.45, 7) is 2.51. The van der Waals surface area contributed by atoms with Gasteiger partial charge in [0.25, 0.3) is 0 Å². The van der Waals surface area contributed by atoms with Crippen LogP contribution in [0.15, 0.2) is 0 Å². The van der Waals surface area contributed by atoms with E-state index in [0.717, 1.165) is 12.1 Å². The van der Waals surface area contributed by atoms with Crippen molar-refractivity contribution in [2.45, 2.75) is 50.6 Å². The Morgan fingerprint density at radius 3 is 2.50 bits per heavy atom. The molecule has 0 aromatic rings. The molecule has 2 heteroatoms. The molecule has 0 N–H and O–H groups in total. The second-order valence-corrected chi connectivity index (χ2v) is 4.97. The van der Waals surface area contributed by atoms with Gasteiger partial charge in [0.1, 0.15) is 0 Å². The number of rotatable bonds is 2. The van der Waals surface area contributed by atoms with Gasteiger partial charge in [-0.25, -0.2) is 0 Å². The van der Waals surface area contributed by atoms with E-state index in [-0.39, 0.29) is 0 Å². The molecule has 2 heterocycles. The van der Waals surface area contributed by atoms with Crippen molar-refractivity contribution >= 4 is 0 Å². The Morgan fingerprint density at radius 1 is 1.07 bits per heavy atom. The minimum absolute atomic E-state index is 0.759. The smallest absolute Gasteiger partial charge is 0.0112 e. The first-order valence-corrected chi connectivity index (χ1v) is 6.05. The van der Waals surface area contributed by atoms with Crippen molar-refractivity contribution in [1.82, 2.24) is 9.80 Å². The number of likely N-dealkylation sites (tertiary alicyclic amines) is 2. The predicted molar refractivity (Wildman–Crippen MR) is 60.0 cm³/mol. The Bertz CT molecular complexity index is 181. The highest BCUT2D eigenvalue weighted by Crippen LogP contribution is 2.25. The van der Waals surface area contributed by atoms with Crippen LogP contribution in [0.5, 0.6) is 0 Å². The molecule has 1 radical (unpaired) electrons. The van der Waals surface area contributed by atoms with E-state index in [4.69, 9.17) is 0 Å². The van der Waals surface area contributed by atoms with Gasteiger partial charge in [-0.05, 0) is 52.2 Å². The lowest BCUT2D eigenvalue weighted by atomic mass is 9.95. The molecular formula is C12H23N2. The highest BCUT2D eigenvalue weighted by molar-refractivity contribution is 4.85. The molecule has 2 fully saturated rings. The highest BCUT2D eigenvalue weighted by Gasteiger charge is 2.27. The summed E-state index contributed by atoms with van der Waals surface area (Å²) in [6.07, 6.45) is 8.27. The molecule has 0 aliphatic carbocycles. The normalized spacial score (nSPS) is 36.4. The summed E-state index contributed by atoms with van der Waals surface area (Å²) >= 11 is 0. The Morgan fingerprint density at radius 2 is 1.86 bits per heavy atom. The molecule has 0 aromatic heterocycles. The molecule has 0 spiro atoms. The van der Waals surface area contributed by atoms with Crippen molar-refractivity contribution in [3.8, 4) is 0 Å². The van der Waals surface area contributed by atoms with Crippen LogP contribution in [-0.4, -0.2) is 42.0 Å². The standard InChI is InChI=1S/C12H23N2/c1-13-8-4-3-6-11(13)10-12-7-5-9-14(12)2/h11-12H,1,3-10H2,2H3. The third kappa shape index (κ3) is 2.29. The Kier molecular flexibility index (Phi) is 3.45. The van der Waals surface area contributed by atoms with Crippen LogP contribution in [0.1, 0.15) is 38.5 Å². The zero-order valence-corrected chi connectivity index (χ0v) is 9.41. The van der Waals surface area contributed by atoms with Crippen molar-refractivity contribution in [1.29, 1.82) is 0 Å². The van der Waals surface area contributed by atoms with Crippen LogP contribution in [0.4, 0.5) is 0 Å². The fourth-order valence-electron chi connectivity index (χ4n) is 2.92. The van der Waals surface area contributed by atoms with E-state index in [1.807, 2.05) is 0 Å². The van der Waals surface area contributed by atoms with Gasteiger partial charge in [-0.15, -0.1) is 0 Å². The van der Waals surface area contributed by atoms with Crippen LogP contribution in [-0.2, 0) is 0 Å². The molecule has 0 amide bonds. The van der Waals surface area contributed by atoms with Gasteiger partial charge in [0.2, 0.25) is 0 Å². The molecule has 2 aliphatic rings. The maximum absolute atomic E-state index is 4.16. The molecule has 0 bridgehead atoms. The number of hydrogen-bond donors (Lipinski definition) is 0. The lowest BCUT2D eigenvalue weighted by molar-refractivity contribution is 0.160. The maximum Gasteiger partial charge on any atom is 0.0112 e. The van der Waals surface area contributed by atoms with Crippen LogP contribution in [0.2, 0.25) is 0 Å². The van der Waals surface area contributed by atoms with Gasteiger partial charge in [0, 0.05) is 19.1 Å². The molecule has 0 aromatic carbocycles. The van der Waals surface area contributed by atoms with Crippen LogP contribution >= 0.6 is 0 Å². The van der Waals surface area contributed by atoms with Crippen molar-refractivity contribution < 1.29 is 0 Å². The topological polar surface area (TPSA) is 6.48 Å². The van der Waals surface area contributed by atoms with Crippen LogP contribution < -0.4 is 0 Å². The molecule has 2 atom stereocenters. The lowest BCUT2D eigenvalue weighted by Gasteiger charge is -2.35. The van der Waals surface area contributed by atoms with Crippen LogP contribution in [0, 0.1) is 7.05 Å². The number of hydrogen-bond acceptors (Lipinski definition) is 2. The Labute approximate surface area is 88.3 Å². The first kappa shape index (κ1) is 10.4. The van der Waals surface area contributed by atoms with E-state index >= 15 is 0 Å². The van der Waals surface area contributed by atoms with E-state index in [1.54, 1.807) is 0 Å². The average molecular weight is 195 g/mol. The molecule has 14 heavy (non-hydrogen) atoms. The zero-order valence-electron chi connectivity index (χ0n) is 9.41. The number of nitrogens with zero attached hydrogens (tertiary/aromatic N) is 2. The molecule has 2 aliphatic heterocycles. The average Bonchev–Trinajstić information content (AvgIpc) is 2.56. The van der Waals surface area contributed by atoms with E-state index in [0.29, 0.717) is 0 Å². The van der Waals surface area contributed by atoms with Crippen molar-refractivity contribution in [3.63, 3.8) is 0 Å². The summed E-state index contributed by atoms with van der Waals surface area (Å²) in [5.74, 6) is 0. The zero-order chi connectivity index (χ0) is 9.97. The molecule has 2 rings (SSSR count). The molecule has 81 valence electrons. The Hall–Kier alpha value is -0.0800. The fraction of sp³-hybridized carbons (Fsp3) is 0.917. The van der Waals surface area contributed by atoms with E-state index in [2.05, 4.69) is 23.9 Å². The summed E-state index contributed by atoms with van der Waals surface area (Å²) < 4.78 is 0. The summed E-state index contributed by atoms with van der Waals surface area (Å²) in [7, 11) is 6.43. The van der Waals surface area contributed by atoms with Crippen molar-refractivity contribution in [2.24, 2.45) is 0 Å². The fourth-order valence-corrected chi connectivity index (χ4v) is 2.92. The van der Waals surface area contributed by atoms with Gasteiger partial charge >= 0.3 is 0 Å². The monoisotopic (exact) mass is 195 g/mol. The van der Waals surface area contributed by atoms with E-state index in [9.17, 15) is 0 Å². The minimum Gasteiger partial charge on any atom is -0.303 e. The second kappa shape index (κ2) is 4.63. The van der Waals surface area contributed by atoms with E-state index in [1.165, 1.54) is 51.6 Å². The summed E-state index contributed by atoms with van der Waals surface area (Å²) in [6, 6.07) is 1.59. The first-order valence-electron chi connectivity index (χ1n) is 6.05. The van der Waals surface area contributed by atoms with Gasteiger partial charge in [-0.1, -0.05) is 6.42 Å². The minimum atomic E-state index is 0.759. The van der Waals surface area contributed by atoms with Gasteiger partial charge in [0.15, 0.2) is 0 Å². The molecule has 2 unspecified atom stereocenters. The van der Waals surface area contributed by atoms with Gasteiger partial charge in [-0.3, -0.25) is 4.90 Å². The quantitative estimate of drug-likeness (QED) is 0.666. The summed E-state index contributed by atoms with van der Waals surface area (Å²) in [4.78, 5) is 4.86. The first-order chi connectivity index (χ1) is 6.77. The molecule has 2 saturated heterocycles. The Balaban J connectivity index is 1.83. The van der Waals surface area contributed by atoms with Gasteiger partial charge < -0.3 is 4.90 Å². The molecule has 2 nitrogen and oxygen atoms in total. The van der Waals surface area contributed by atoms with Crippen molar-refractivity contribution in [2.75, 3.05) is 20.1 Å². The summed E-state index contributed by atoms with van der Waals surface area (Å²) in [5.41, 5.74) is 0. The van der Waals surface area contributed by atoms with E-state index < -0.39 is 0 Å². The van der Waals surface area contributed by atoms with Gasteiger partial charge in [-0.2, -0.15) is 0 Å². The SMILES string of the molecule is [CH2]N1CCCCC1CC1CCCN1C. The van der Waals surface area contributed by atoms with Crippen LogP contribution in [0.3, 0.4) is 0 Å². The summed E-state index contributed by atoms with van der Waals surface area (Å²) in [5, 5.41) is 0. The third-order valence-corrected chi connectivity index (χ3v) is 3.96. The molecular weight excluding hydrogens is 172 g/mol. The number of piperidine rings is 1. The second-order valence-electron chi connectivity index (χ2n) is 4.97. The predicted octanol–water partition coefficient (Wildman–Crippen LogP) is 2.12. The van der Waals surface area contributed by atoms with Gasteiger partial charge in [0.05, 0.1) is 0 Å². The molecule has 0 saturated carbocycles.